The molecule has 0 saturated heterocycles. The van der Waals surface area contributed by atoms with Gasteiger partial charge in [-0.15, -0.1) is 0 Å². The first-order valence-electron chi connectivity index (χ1n) is 5.93. The zero-order valence-electron chi connectivity index (χ0n) is 9.48. The fourth-order valence-corrected chi connectivity index (χ4v) is 3.13. The van der Waals surface area contributed by atoms with Crippen LogP contribution in [0, 0.1) is 5.92 Å². The summed E-state index contributed by atoms with van der Waals surface area (Å²) in [6.45, 7) is 1.69. The molecule has 0 aromatic heterocycles. The lowest BCUT2D eigenvalue weighted by Gasteiger charge is -2.27. The summed E-state index contributed by atoms with van der Waals surface area (Å²) in [6, 6.07) is 0. The summed E-state index contributed by atoms with van der Waals surface area (Å²) in [5.41, 5.74) is 0. The molecule has 4 heteroatoms. The van der Waals surface area contributed by atoms with E-state index in [0.717, 1.165) is 25.7 Å². The van der Waals surface area contributed by atoms with Crippen LogP contribution in [0.3, 0.4) is 0 Å². The van der Waals surface area contributed by atoms with Gasteiger partial charge in [0.05, 0.1) is 11.9 Å². The van der Waals surface area contributed by atoms with Crippen LogP contribution in [0.4, 0.5) is 0 Å². The van der Waals surface area contributed by atoms with Gasteiger partial charge in [0.25, 0.3) is 0 Å². The van der Waals surface area contributed by atoms with Gasteiger partial charge in [0.15, 0.2) is 0 Å². The van der Waals surface area contributed by atoms with Gasteiger partial charge < -0.3 is 5.11 Å². The van der Waals surface area contributed by atoms with Crippen molar-refractivity contribution in [2.24, 2.45) is 5.92 Å². The van der Waals surface area contributed by atoms with Crippen LogP contribution in [0.2, 0.25) is 0 Å². The molecule has 1 fully saturated rings. The van der Waals surface area contributed by atoms with Gasteiger partial charge in [0.2, 0.25) is 0 Å². The molecule has 2 atom stereocenters. The van der Waals surface area contributed by atoms with Crippen molar-refractivity contribution in [1.82, 2.24) is 0 Å². The lowest BCUT2D eigenvalue weighted by Crippen LogP contribution is -2.25. The quantitative estimate of drug-likeness (QED) is 0.788. The third-order valence-electron chi connectivity index (χ3n) is 3.34. The average molecular weight is 234 g/mol. The zero-order valence-corrected chi connectivity index (χ0v) is 10.3. The highest BCUT2D eigenvalue weighted by Crippen LogP contribution is 2.27. The van der Waals surface area contributed by atoms with E-state index in [1.54, 1.807) is 6.92 Å². The standard InChI is InChI=1S/C11H22O3S/c1-2-15(13,14)9-5-7-10-6-3-4-8-11(10)12/h10-12H,2-9H2,1H3. The number of sulfone groups is 1. The van der Waals surface area contributed by atoms with Crippen molar-refractivity contribution >= 4 is 9.84 Å². The number of hydrogen-bond acceptors (Lipinski definition) is 3. The van der Waals surface area contributed by atoms with Crippen molar-refractivity contribution in [3.63, 3.8) is 0 Å². The van der Waals surface area contributed by atoms with Crippen LogP contribution in [0.15, 0.2) is 0 Å². The lowest BCUT2D eigenvalue weighted by atomic mass is 9.84. The Morgan fingerprint density at radius 1 is 1.27 bits per heavy atom. The van der Waals surface area contributed by atoms with E-state index >= 15 is 0 Å². The molecule has 0 amide bonds. The molecule has 0 heterocycles. The van der Waals surface area contributed by atoms with Crippen LogP contribution in [0.1, 0.15) is 45.4 Å². The summed E-state index contributed by atoms with van der Waals surface area (Å²) in [5, 5.41) is 9.71. The molecule has 0 aliphatic heterocycles. The van der Waals surface area contributed by atoms with Crippen molar-refractivity contribution in [2.75, 3.05) is 11.5 Å². The molecule has 0 spiro atoms. The second-order valence-corrected chi connectivity index (χ2v) is 6.96. The van der Waals surface area contributed by atoms with Crippen molar-refractivity contribution in [3.05, 3.63) is 0 Å². The molecule has 1 rings (SSSR count). The number of aliphatic hydroxyl groups excluding tert-OH is 1. The van der Waals surface area contributed by atoms with Gasteiger partial charge in [-0.25, -0.2) is 8.42 Å². The van der Waals surface area contributed by atoms with Gasteiger partial charge in [0, 0.05) is 5.75 Å². The van der Waals surface area contributed by atoms with Gasteiger partial charge in [0.1, 0.15) is 9.84 Å². The Labute approximate surface area is 92.8 Å². The summed E-state index contributed by atoms with van der Waals surface area (Å²) < 4.78 is 22.5. The largest absolute Gasteiger partial charge is 0.393 e. The Hall–Kier alpha value is -0.0900. The number of aliphatic hydroxyl groups is 1. The predicted molar refractivity (Wildman–Crippen MR) is 61.5 cm³/mol. The number of hydrogen-bond donors (Lipinski definition) is 1. The summed E-state index contributed by atoms with van der Waals surface area (Å²) in [7, 11) is -2.82. The minimum Gasteiger partial charge on any atom is -0.393 e. The molecule has 90 valence electrons. The van der Waals surface area contributed by atoms with Crippen LogP contribution >= 0.6 is 0 Å². The first-order chi connectivity index (χ1) is 7.05. The highest BCUT2D eigenvalue weighted by molar-refractivity contribution is 7.91. The van der Waals surface area contributed by atoms with E-state index in [1.807, 2.05) is 0 Å². The fraction of sp³-hybridized carbons (Fsp3) is 1.00. The molecular formula is C11H22O3S. The molecule has 2 unspecified atom stereocenters. The van der Waals surface area contributed by atoms with E-state index in [1.165, 1.54) is 6.42 Å². The maximum absolute atomic E-state index is 11.3. The van der Waals surface area contributed by atoms with E-state index in [2.05, 4.69) is 0 Å². The lowest BCUT2D eigenvalue weighted by molar-refractivity contribution is 0.0650. The van der Waals surface area contributed by atoms with Crippen molar-refractivity contribution in [2.45, 2.75) is 51.6 Å². The highest BCUT2D eigenvalue weighted by atomic mass is 32.2. The van der Waals surface area contributed by atoms with Crippen LogP contribution in [0.5, 0.6) is 0 Å². The minimum atomic E-state index is -2.82. The fourth-order valence-electron chi connectivity index (χ4n) is 2.23. The van der Waals surface area contributed by atoms with Crippen LogP contribution in [-0.2, 0) is 9.84 Å². The molecule has 1 aliphatic carbocycles. The van der Waals surface area contributed by atoms with Crippen molar-refractivity contribution in [3.8, 4) is 0 Å². The third-order valence-corrected chi connectivity index (χ3v) is 5.13. The molecule has 1 N–H and O–H groups in total. The van der Waals surface area contributed by atoms with Crippen LogP contribution < -0.4 is 0 Å². The van der Waals surface area contributed by atoms with Gasteiger partial charge >= 0.3 is 0 Å². The molecular weight excluding hydrogens is 212 g/mol. The smallest absolute Gasteiger partial charge is 0.150 e. The molecule has 0 aromatic carbocycles. The van der Waals surface area contributed by atoms with Gasteiger partial charge in [-0.2, -0.15) is 0 Å². The van der Waals surface area contributed by atoms with E-state index < -0.39 is 9.84 Å². The monoisotopic (exact) mass is 234 g/mol. The summed E-state index contributed by atoms with van der Waals surface area (Å²) in [5.74, 6) is 0.859. The summed E-state index contributed by atoms with van der Waals surface area (Å²) >= 11 is 0. The maximum atomic E-state index is 11.3. The van der Waals surface area contributed by atoms with Gasteiger partial charge in [-0.05, 0) is 31.6 Å². The first-order valence-corrected chi connectivity index (χ1v) is 7.76. The summed E-state index contributed by atoms with van der Waals surface area (Å²) in [4.78, 5) is 0. The third kappa shape index (κ3) is 4.51. The van der Waals surface area contributed by atoms with E-state index in [4.69, 9.17) is 0 Å². The Morgan fingerprint density at radius 3 is 2.53 bits per heavy atom. The Morgan fingerprint density at radius 2 is 1.93 bits per heavy atom. The SMILES string of the molecule is CCS(=O)(=O)CCCC1CCCCC1O. The van der Waals surface area contributed by atoms with Crippen LogP contribution in [-0.4, -0.2) is 31.1 Å². The van der Waals surface area contributed by atoms with Crippen molar-refractivity contribution < 1.29 is 13.5 Å². The van der Waals surface area contributed by atoms with E-state index in [-0.39, 0.29) is 17.6 Å². The second kappa shape index (κ2) is 5.85. The average Bonchev–Trinajstić information content (AvgIpc) is 2.21. The topological polar surface area (TPSA) is 54.4 Å². The van der Waals surface area contributed by atoms with E-state index in [0.29, 0.717) is 12.3 Å². The van der Waals surface area contributed by atoms with Crippen LogP contribution in [0.25, 0.3) is 0 Å². The molecule has 1 saturated carbocycles. The minimum absolute atomic E-state index is 0.192. The highest BCUT2D eigenvalue weighted by Gasteiger charge is 2.22. The zero-order chi connectivity index (χ0) is 11.3. The predicted octanol–water partition coefficient (Wildman–Crippen LogP) is 1.75. The van der Waals surface area contributed by atoms with Crippen molar-refractivity contribution in [1.29, 1.82) is 0 Å². The molecule has 3 nitrogen and oxygen atoms in total. The molecule has 0 aromatic rings. The molecule has 0 bridgehead atoms. The molecule has 1 aliphatic rings. The van der Waals surface area contributed by atoms with Gasteiger partial charge in [-0.3, -0.25) is 0 Å². The number of rotatable bonds is 5. The molecule has 15 heavy (non-hydrogen) atoms. The normalized spacial score (nSPS) is 27.9. The Bertz CT molecular complexity index is 272. The Balaban J connectivity index is 2.25. The Kier molecular flexibility index (Phi) is 5.06. The van der Waals surface area contributed by atoms with E-state index in [9.17, 15) is 13.5 Å². The maximum Gasteiger partial charge on any atom is 0.150 e. The summed E-state index contributed by atoms with van der Waals surface area (Å²) in [6.07, 6.45) is 5.63. The second-order valence-electron chi connectivity index (χ2n) is 4.49. The first kappa shape index (κ1) is 13.0. The molecule has 0 radical (unpaired) electrons. The van der Waals surface area contributed by atoms with Gasteiger partial charge in [-0.1, -0.05) is 19.8 Å².